The number of aryl methyl sites for hydroxylation is 1. The molecule has 0 unspecified atom stereocenters. The first-order valence-corrected chi connectivity index (χ1v) is 8.28. The highest BCUT2D eigenvalue weighted by molar-refractivity contribution is 7.13. The van der Waals surface area contributed by atoms with Crippen molar-refractivity contribution in [3.63, 3.8) is 0 Å². The molecule has 0 spiro atoms. The molecule has 1 aromatic carbocycles. The second kappa shape index (κ2) is 9.05. The van der Waals surface area contributed by atoms with E-state index in [9.17, 15) is 9.18 Å². The van der Waals surface area contributed by atoms with Gasteiger partial charge in [-0.3, -0.25) is 4.79 Å². The maximum absolute atomic E-state index is 13.0. The van der Waals surface area contributed by atoms with E-state index >= 15 is 0 Å². The van der Waals surface area contributed by atoms with Crippen molar-refractivity contribution >= 4 is 23.5 Å². The third kappa shape index (κ3) is 6.20. The van der Waals surface area contributed by atoms with Crippen LogP contribution >= 0.6 is 11.3 Å². The Labute approximate surface area is 139 Å². The van der Waals surface area contributed by atoms with Crippen molar-refractivity contribution in [1.82, 2.24) is 5.43 Å². The Hall–Kier alpha value is -2.21. The number of hydrogen-bond donors (Lipinski definition) is 1. The van der Waals surface area contributed by atoms with Crippen LogP contribution in [-0.4, -0.2) is 18.7 Å². The van der Waals surface area contributed by atoms with E-state index in [4.69, 9.17) is 4.74 Å². The average molecular weight is 334 g/mol. The summed E-state index contributed by atoms with van der Waals surface area (Å²) in [5.41, 5.74) is 2.39. The molecule has 1 heterocycles. The third-order valence-corrected chi connectivity index (χ3v) is 4.09. The Kier molecular flexibility index (Phi) is 6.75. The maximum Gasteiger partial charge on any atom is 0.277 e. The summed E-state index contributed by atoms with van der Waals surface area (Å²) in [5.74, 6) is -0.492. The normalized spacial score (nSPS) is 10.9. The minimum atomic E-state index is -0.405. The number of ether oxygens (including phenoxy) is 1. The van der Waals surface area contributed by atoms with Crippen LogP contribution < -0.4 is 10.2 Å². The fourth-order valence-corrected chi connectivity index (χ4v) is 2.78. The monoisotopic (exact) mass is 334 g/mol. The molecular weight excluding hydrogens is 315 g/mol. The molecule has 0 saturated carbocycles. The number of carbonyl (C=O) groups excluding carboxylic acids is 1. The zero-order chi connectivity index (χ0) is 16.5. The van der Waals surface area contributed by atoms with Gasteiger partial charge in [0.25, 0.3) is 5.91 Å². The first-order chi connectivity index (χ1) is 11.2. The summed E-state index contributed by atoms with van der Waals surface area (Å²) in [6.45, 7) is 1.95. The quantitative estimate of drug-likeness (QED) is 0.590. The first-order valence-electron chi connectivity index (χ1n) is 7.46. The molecular formula is C17H19FN2O2S. The molecule has 4 nitrogen and oxygen atoms in total. The lowest BCUT2D eigenvalue weighted by atomic mass is 10.2. The van der Waals surface area contributed by atoms with E-state index < -0.39 is 11.7 Å². The maximum atomic E-state index is 13.0. The predicted octanol–water partition coefficient (Wildman–Crippen LogP) is 3.76. The van der Waals surface area contributed by atoms with E-state index in [2.05, 4.69) is 23.5 Å². The molecule has 0 aliphatic heterocycles. The van der Waals surface area contributed by atoms with Crippen molar-refractivity contribution in [3.05, 3.63) is 52.0 Å². The summed E-state index contributed by atoms with van der Waals surface area (Å²) in [6.07, 6.45) is 5.02. The number of rotatable bonds is 8. The Morgan fingerprint density at radius 2 is 2.26 bits per heavy atom. The molecule has 0 fully saturated rings. The molecule has 0 aliphatic carbocycles. The van der Waals surface area contributed by atoms with Crippen LogP contribution in [0, 0.1) is 5.82 Å². The van der Waals surface area contributed by atoms with Crippen LogP contribution in [0.4, 0.5) is 4.39 Å². The molecule has 2 aromatic rings. The molecule has 0 aliphatic rings. The fourth-order valence-electron chi connectivity index (χ4n) is 1.86. The molecule has 122 valence electrons. The number of benzene rings is 1. The second-order valence-electron chi connectivity index (χ2n) is 4.95. The minimum Gasteiger partial charge on any atom is -0.484 e. The molecule has 6 heteroatoms. The van der Waals surface area contributed by atoms with Crippen LogP contribution in [0.3, 0.4) is 0 Å². The van der Waals surface area contributed by atoms with E-state index in [0.29, 0.717) is 5.75 Å². The van der Waals surface area contributed by atoms with Crippen molar-refractivity contribution in [2.24, 2.45) is 5.10 Å². The van der Waals surface area contributed by atoms with E-state index in [1.807, 2.05) is 6.07 Å². The molecule has 0 atom stereocenters. The zero-order valence-corrected chi connectivity index (χ0v) is 13.7. The number of hydrazone groups is 1. The number of amides is 1. The smallest absolute Gasteiger partial charge is 0.277 e. The van der Waals surface area contributed by atoms with Gasteiger partial charge in [0.1, 0.15) is 11.6 Å². The highest BCUT2D eigenvalue weighted by atomic mass is 32.1. The van der Waals surface area contributed by atoms with Crippen LogP contribution in [0.15, 0.2) is 41.5 Å². The Balaban J connectivity index is 1.74. The molecule has 2 rings (SSSR count). The fraction of sp³-hybridized carbons (Fsp3) is 0.294. The van der Waals surface area contributed by atoms with E-state index in [1.54, 1.807) is 23.6 Å². The Bertz CT molecular complexity index is 670. The molecule has 0 bridgehead atoms. The number of unbranched alkanes of at least 4 members (excludes halogenated alkanes) is 1. The van der Waals surface area contributed by atoms with Gasteiger partial charge in [-0.25, -0.2) is 9.82 Å². The Morgan fingerprint density at radius 1 is 1.39 bits per heavy atom. The van der Waals surface area contributed by atoms with Crippen LogP contribution in [0.25, 0.3) is 0 Å². The molecule has 1 N–H and O–H groups in total. The molecule has 23 heavy (non-hydrogen) atoms. The van der Waals surface area contributed by atoms with Gasteiger partial charge in [0.05, 0.1) is 6.21 Å². The van der Waals surface area contributed by atoms with Crippen LogP contribution in [0.1, 0.15) is 29.5 Å². The van der Waals surface area contributed by atoms with Gasteiger partial charge >= 0.3 is 0 Å². The topological polar surface area (TPSA) is 50.7 Å². The summed E-state index contributed by atoms with van der Waals surface area (Å²) in [5, 5.41) is 3.90. The Morgan fingerprint density at radius 3 is 3.04 bits per heavy atom. The summed E-state index contributed by atoms with van der Waals surface area (Å²) in [4.78, 5) is 13.9. The molecule has 1 amide bonds. The van der Waals surface area contributed by atoms with Gasteiger partial charge in [-0.15, -0.1) is 11.3 Å². The highest BCUT2D eigenvalue weighted by Gasteiger charge is 2.02. The van der Waals surface area contributed by atoms with Crippen LogP contribution in [-0.2, 0) is 11.2 Å². The van der Waals surface area contributed by atoms with Gasteiger partial charge in [0.2, 0.25) is 0 Å². The highest BCUT2D eigenvalue weighted by Crippen LogP contribution is 2.16. The summed E-state index contributed by atoms with van der Waals surface area (Å²) in [7, 11) is 0. The number of hydrogen-bond acceptors (Lipinski definition) is 4. The lowest BCUT2D eigenvalue weighted by molar-refractivity contribution is -0.123. The first kappa shape index (κ1) is 17.1. The van der Waals surface area contributed by atoms with E-state index in [1.165, 1.54) is 35.9 Å². The van der Waals surface area contributed by atoms with Crippen molar-refractivity contribution in [2.75, 3.05) is 6.61 Å². The summed E-state index contributed by atoms with van der Waals surface area (Å²) in [6, 6.07) is 9.70. The van der Waals surface area contributed by atoms with Crippen molar-refractivity contribution in [1.29, 1.82) is 0 Å². The van der Waals surface area contributed by atoms with Crippen molar-refractivity contribution in [3.8, 4) is 5.75 Å². The number of thiophene rings is 1. The van der Waals surface area contributed by atoms with Gasteiger partial charge < -0.3 is 4.74 Å². The van der Waals surface area contributed by atoms with Crippen LogP contribution in [0.5, 0.6) is 5.75 Å². The molecule has 0 radical (unpaired) electrons. The minimum absolute atomic E-state index is 0.215. The van der Waals surface area contributed by atoms with Crippen molar-refractivity contribution in [2.45, 2.75) is 26.2 Å². The van der Waals surface area contributed by atoms with Gasteiger partial charge in [0, 0.05) is 15.8 Å². The van der Waals surface area contributed by atoms with Gasteiger partial charge in [-0.05, 0) is 37.1 Å². The number of nitrogens with one attached hydrogen (secondary N) is 1. The third-order valence-electron chi connectivity index (χ3n) is 3.01. The summed E-state index contributed by atoms with van der Waals surface area (Å²) < 4.78 is 18.1. The lowest BCUT2D eigenvalue weighted by Gasteiger charge is -2.04. The van der Waals surface area contributed by atoms with Crippen molar-refractivity contribution < 1.29 is 13.9 Å². The van der Waals surface area contributed by atoms with E-state index in [0.717, 1.165) is 11.3 Å². The predicted molar refractivity (Wildman–Crippen MR) is 90.6 cm³/mol. The molecule has 1 aromatic heterocycles. The average Bonchev–Trinajstić information content (AvgIpc) is 2.99. The number of halogens is 1. The van der Waals surface area contributed by atoms with Gasteiger partial charge in [-0.2, -0.15) is 5.10 Å². The SMILES string of the molecule is CCCCc1ccc(/C=N\NC(=O)COc2cccc(F)c2)s1. The lowest BCUT2D eigenvalue weighted by Crippen LogP contribution is -2.24. The van der Waals surface area contributed by atoms with E-state index in [-0.39, 0.29) is 6.61 Å². The largest absolute Gasteiger partial charge is 0.484 e. The standard InChI is InChI=1S/C17H19FN2O2S/c1-2-3-7-15-8-9-16(23-15)11-19-20-17(21)12-22-14-6-4-5-13(18)10-14/h4-6,8-11H,2-3,7,12H2,1H3,(H,20,21)/b19-11-. The second-order valence-corrected chi connectivity index (χ2v) is 6.15. The number of carbonyl (C=O) groups is 1. The number of nitrogens with zero attached hydrogens (tertiary/aromatic N) is 1. The van der Waals surface area contributed by atoms with Crippen LogP contribution in [0.2, 0.25) is 0 Å². The zero-order valence-electron chi connectivity index (χ0n) is 12.9. The van der Waals surface area contributed by atoms with Gasteiger partial charge in [-0.1, -0.05) is 19.4 Å². The molecule has 0 saturated heterocycles. The van der Waals surface area contributed by atoms with Gasteiger partial charge in [0.15, 0.2) is 6.61 Å². The summed E-state index contributed by atoms with van der Waals surface area (Å²) >= 11 is 1.66.